The van der Waals surface area contributed by atoms with Crippen molar-refractivity contribution in [3.05, 3.63) is 65.7 Å². The number of rotatable bonds is 7. The fourth-order valence-corrected chi connectivity index (χ4v) is 2.02. The van der Waals surface area contributed by atoms with Crippen LogP contribution in [0.1, 0.15) is 25.0 Å². The summed E-state index contributed by atoms with van der Waals surface area (Å²) in [7, 11) is 0. The molecule has 0 bridgehead atoms. The van der Waals surface area contributed by atoms with E-state index in [9.17, 15) is 0 Å². The molecule has 0 fully saturated rings. The number of hydrogen-bond acceptors (Lipinski definition) is 2. The molecule has 2 aromatic rings. The summed E-state index contributed by atoms with van der Waals surface area (Å²) in [4.78, 5) is 0. The van der Waals surface area contributed by atoms with Gasteiger partial charge in [-0.05, 0) is 24.1 Å². The lowest BCUT2D eigenvalue weighted by molar-refractivity contribution is 0.302. The van der Waals surface area contributed by atoms with Crippen molar-refractivity contribution in [1.29, 1.82) is 0 Å². The minimum atomic E-state index is 0.613. The molecular weight excluding hydrogens is 246 g/mol. The maximum absolute atomic E-state index is 5.94. The van der Waals surface area contributed by atoms with Gasteiger partial charge >= 0.3 is 0 Å². The summed E-state index contributed by atoms with van der Waals surface area (Å²) in [5.74, 6) is 1.63. The third kappa shape index (κ3) is 4.71. The van der Waals surface area contributed by atoms with Gasteiger partial charge in [-0.3, -0.25) is 0 Å². The van der Waals surface area contributed by atoms with Gasteiger partial charge in [-0.25, -0.2) is 0 Å². The van der Waals surface area contributed by atoms with Gasteiger partial charge in [-0.1, -0.05) is 62.4 Å². The molecule has 0 atom stereocenters. The van der Waals surface area contributed by atoms with Crippen molar-refractivity contribution in [2.45, 2.75) is 27.0 Å². The van der Waals surface area contributed by atoms with Crippen LogP contribution in [0.4, 0.5) is 0 Å². The van der Waals surface area contributed by atoms with E-state index in [0.717, 1.165) is 18.8 Å². The molecule has 0 amide bonds. The van der Waals surface area contributed by atoms with Crippen LogP contribution in [0, 0.1) is 5.92 Å². The summed E-state index contributed by atoms with van der Waals surface area (Å²) in [6, 6.07) is 18.5. The molecule has 0 aromatic heterocycles. The van der Waals surface area contributed by atoms with Crippen LogP contribution >= 0.6 is 0 Å². The summed E-state index contributed by atoms with van der Waals surface area (Å²) in [5.41, 5.74) is 2.40. The Kier molecular flexibility index (Phi) is 5.63. The molecule has 2 heteroatoms. The second-order valence-corrected chi connectivity index (χ2v) is 5.41. The van der Waals surface area contributed by atoms with Crippen LogP contribution in [-0.2, 0) is 13.2 Å². The van der Waals surface area contributed by atoms with Crippen molar-refractivity contribution < 1.29 is 4.74 Å². The van der Waals surface area contributed by atoms with Crippen LogP contribution in [0.25, 0.3) is 0 Å². The molecule has 0 saturated heterocycles. The highest BCUT2D eigenvalue weighted by Crippen LogP contribution is 2.19. The van der Waals surface area contributed by atoms with Gasteiger partial charge < -0.3 is 10.1 Å². The number of hydrogen-bond donors (Lipinski definition) is 1. The zero-order valence-electron chi connectivity index (χ0n) is 12.3. The highest BCUT2D eigenvalue weighted by Gasteiger charge is 2.03. The third-order valence-corrected chi connectivity index (χ3v) is 3.08. The molecule has 0 heterocycles. The second kappa shape index (κ2) is 7.71. The minimum Gasteiger partial charge on any atom is -0.489 e. The van der Waals surface area contributed by atoms with Gasteiger partial charge in [0.05, 0.1) is 0 Å². The average molecular weight is 269 g/mol. The van der Waals surface area contributed by atoms with Crippen LogP contribution in [0.15, 0.2) is 54.6 Å². The average Bonchev–Trinajstić information content (AvgIpc) is 2.47. The van der Waals surface area contributed by atoms with Crippen LogP contribution < -0.4 is 10.1 Å². The van der Waals surface area contributed by atoms with Gasteiger partial charge in [-0.15, -0.1) is 0 Å². The summed E-state index contributed by atoms with van der Waals surface area (Å²) in [6.07, 6.45) is 0. The lowest BCUT2D eigenvalue weighted by atomic mass is 10.1. The molecule has 0 radical (unpaired) electrons. The topological polar surface area (TPSA) is 21.3 Å². The Morgan fingerprint density at radius 2 is 1.65 bits per heavy atom. The molecule has 2 rings (SSSR count). The van der Waals surface area contributed by atoms with Crippen molar-refractivity contribution >= 4 is 0 Å². The largest absolute Gasteiger partial charge is 0.489 e. The van der Waals surface area contributed by atoms with Gasteiger partial charge in [0.2, 0.25) is 0 Å². The third-order valence-electron chi connectivity index (χ3n) is 3.08. The van der Waals surface area contributed by atoms with Crippen molar-refractivity contribution in [2.75, 3.05) is 6.54 Å². The van der Waals surface area contributed by atoms with Crippen molar-refractivity contribution in [2.24, 2.45) is 5.92 Å². The van der Waals surface area contributed by atoms with E-state index >= 15 is 0 Å². The van der Waals surface area contributed by atoms with Crippen molar-refractivity contribution in [3.63, 3.8) is 0 Å². The number of para-hydroxylation sites is 1. The van der Waals surface area contributed by atoms with E-state index < -0.39 is 0 Å². The predicted molar refractivity (Wildman–Crippen MR) is 83.8 cm³/mol. The van der Waals surface area contributed by atoms with Gasteiger partial charge in [0, 0.05) is 12.1 Å². The first kappa shape index (κ1) is 14.6. The zero-order chi connectivity index (χ0) is 14.2. The van der Waals surface area contributed by atoms with Crippen molar-refractivity contribution in [1.82, 2.24) is 5.32 Å². The normalized spacial score (nSPS) is 10.8. The van der Waals surface area contributed by atoms with Gasteiger partial charge in [0.15, 0.2) is 0 Å². The maximum atomic E-state index is 5.94. The quantitative estimate of drug-likeness (QED) is 0.820. The Labute approximate surface area is 121 Å². The van der Waals surface area contributed by atoms with E-state index in [0.29, 0.717) is 12.5 Å². The van der Waals surface area contributed by atoms with E-state index in [-0.39, 0.29) is 0 Å². The second-order valence-electron chi connectivity index (χ2n) is 5.41. The number of benzene rings is 2. The van der Waals surface area contributed by atoms with Crippen LogP contribution in [-0.4, -0.2) is 6.54 Å². The maximum Gasteiger partial charge on any atom is 0.124 e. The Hall–Kier alpha value is -1.80. The smallest absolute Gasteiger partial charge is 0.124 e. The summed E-state index contributed by atoms with van der Waals surface area (Å²) >= 11 is 0. The SMILES string of the molecule is CC(C)CNCc1ccccc1OCc1ccccc1. The summed E-state index contributed by atoms with van der Waals surface area (Å²) < 4.78 is 5.94. The summed E-state index contributed by atoms with van der Waals surface area (Å²) in [5, 5.41) is 3.46. The van der Waals surface area contributed by atoms with E-state index in [2.05, 4.69) is 43.4 Å². The van der Waals surface area contributed by atoms with E-state index in [4.69, 9.17) is 4.74 Å². The van der Waals surface area contributed by atoms with E-state index in [1.807, 2.05) is 30.3 Å². The van der Waals surface area contributed by atoms with E-state index in [1.54, 1.807) is 0 Å². The Bertz CT molecular complexity index is 508. The molecule has 0 unspecified atom stereocenters. The number of ether oxygens (including phenoxy) is 1. The minimum absolute atomic E-state index is 0.613. The predicted octanol–water partition coefficient (Wildman–Crippen LogP) is 4.01. The Balaban J connectivity index is 1.93. The molecule has 2 nitrogen and oxygen atoms in total. The first-order chi connectivity index (χ1) is 9.75. The van der Waals surface area contributed by atoms with Crippen LogP contribution in [0.5, 0.6) is 5.75 Å². The van der Waals surface area contributed by atoms with Gasteiger partial charge in [0.1, 0.15) is 12.4 Å². The summed E-state index contributed by atoms with van der Waals surface area (Å²) in [6.45, 7) is 6.91. The monoisotopic (exact) mass is 269 g/mol. The molecule has 20 heavy (non-hydrogen) atoms. The lowest BCUT2D eigenvalue weighted by Gasteiger charge is -2.13. The van der Waals surface area contributed by atoms with Gasteiger partial charge in [0.25, 0.3) is 0 Å². The first-order valence-corrected chi connectivity index (χ1v) is 7.21. The standard InChI is InChI=1S/C18H23NO/c1-15(2)12-19-13-17-10-6-7-11-18(17)20-14-16-8-4-3-5-9-16/h3-11,15,19H,12-14H2,1-2H3. The fraction of sp³-hybridized carbons (Fsp3) is 0.333. The first-order valence-electron chi connectivity index (χ1n) is 7.21. The molecule has 2 aromatic carbocycles. The fourth-order valence-electron chi connectivity index (χ4n) is 2.02. The van der Waals surface area contributed by atoms with Crippen LogP contribution in [0.3, 0.4) is 0 Å². The Morgan fingerprint density at radius 1 is 0.950 bits per heavy atom. The highest BCUT2D eigenvalue weighted by molar-refractivity contribution is 5.33. The van der Waals surface area contributed by atoms with Crippen molar-refractivity contribution in [3.8, 4) is 5.75 Å². The van der Waals surface area contributed by atoms with E-state index in [1.165, 1.54) is 11.1 Å². The molecule has 0 aliphatic carbocycles. The molecule has 0 saturated carbocycles. The molecule has 1 N–H and O–H groups in total. The van der Waals surface area contributed by atoms with Gasteiger partial charge in [-0.2, -0.15) is 0 Å². The zero-order valence-corrected chi connectivity index (χ0v) is 12.3. The highest BCUT2D eigenvalue weighted by atomic mass is 16.5. The molecular formula is C18H23NO. The molecule has 0 aliphatic rings. The lowest BCUT2D eigenvalue weighted by Crippen LogP contribution is -2.19. The number of nitrogens with one attached hydrogen (secondary N) is 1. The molecule has 106 valence electrons. The van der Waals surface area contributed by atoms with Crippen LogP contribution in [0.2, 0.25) is 0 Å². The molecule has 0 spiro atoms. The molecule has 0 aliphatic heterocycles. The Morgan fingerprint density at radius 3 is 2.40 bits per heavy atom.